The number of rotatable bonds is 7. The Kier molecular flexibility index (Phi) is 7.03. The summed E-state index contributed by atoms with van der Waals surface area (Å²) in [4.78, 5) is 15.9. The van der Waals surface area contributed by atoms with Crippen molar-refractivity contribution in [2.24, 2.45) is 0 Å². The molecular weight excluding hydrogens is 514 g/mol. The fourth-order valence-electron chi connectivity index (χ4n) is 5.53. The van der Waals surface area contributed by atoms with E-state index in [1.54, 1.807) is 30.3 Å². The molecule has 1 aliphatic heterocycles. The predicted octanol–water partition coefficient (Wildman–Crippen LogP) is 5.67. The third kappa shape index (κ3) is 4.71. The fraction of sp³-hybridized carbons (Fsp3) is 0.300. The quantitative estimate of drug-likeness (QED) is 0.321. The summed E-state index contributed by atoms with van der Waals surface area (Å²) < 4.78 is 38.9. The molecule has 204 valence electrons. The van der Waals surface area contributed by atoms with Gasteiger partial charge in [0.15, 0.2) is 11.5 Å². The molecule has 0 spiro atoms. The van der Waals surface area contributed by atoms with Crippen molar-refractivity contribution in [1.82, 2.24) is 3.97 Å². The van der Waals surface area contributed by atoms with Crippen LogP contribution in [-0.2, 0) is 10.0 Å². The lowest BCUT2D eigenvalue weighted by Gasteiger charge is -2.26. The minimum Gasteiger partial charge on any atom is -0.493 e. The van der Waals surface area contributed by atoms with Crippen molar-refractivity contribution in [3.8, 4) is 11.5 Å². The molecule has 0 saturated carbocycles. The molecule has 0 radical (unpaired) electrons. The number of fused-ring (bicyclic) bond motifs is 1. The number of aryl methyl sites for hydroxylation is 2. The lowest BCUT2D eigenvalue weighted by molar-refractivity contribution is 0.102. The van der Waals surface area contributed by atoms with E-state index in [0.717, 1.165) is 29.9 Å². The van der Waals surface area contributed by atoms with Gasteiger partial charge in [-0.2, -0.15) is 0 Å². The molecule has 0 bridgehead atoms. The first-order valence-corrected chi connectivity index (χ1v) is 14.4. The fourth-order valence-corrected chi connectivity index (χ4v) is 6.89. The molecule has 0 unspecified atom stereocenters. The zero-order valence-corrected chi connectivity index (χ0v) is 23.7. The van der Waals surface area contributed by atoms with Crippen LogP contribution in [-0.4, -0.2) is 45.6 Å². The molecule has 1 fully saturated rings. The van der Waals surface area contributed by atoms with Gasteiger partial charge in [-0.25, -0.2) is 12.4 Å². The number of carbonyl (C=O) groups excluding carboxylic acids is 1. The van der Waals surface area contributed by atoms with Crippen LogP contribution in [0.5, 0.6) is 11.5 Å². The number of ether oxygens (including phenoxy) is 2. The van der Waals surface area contributed by atoms with Crippen molar-refractivity contribution >= 4 is 38.2 Å². The molecule has 39 heavy (non-hydrogen) atoms. The highest BCUT2D eigenvalue weighted by Crippen LogP contribution is 2.36. The van der Waals surface area contributed by atoms with Gasteiger partial charge in [-0.1, -0.05) is 12.1 Å². The molecule has 1 aliphatic rings. The minimum absolute atomic E-state index is 0.0489. The monoisotopic (exact) mass is 547 g/mol. The molecule has 1 N–H and O–H groups in total. The number of anilines is 2. The number of nitrogens with one attached hydrogen (secondary N) is 1. The predicted molar refractivity (Wildman–Crippen MR) is 154 cm³/mol. The van der Waals surface area contributed by atoms with Crippen LogP contribution in [0, 0.1) is 20.8 Å². The zero-order valence-electron chi connectivity index (χ0n) is 22.9. The van der Waals surface area contributed by atoms with Crippen LogP contribution in [0.2, 0.25) is 0 Å². The maximum Gasteiger partial charge on any atom is 0.268 e. The van der Waals surface area contributed by atoms with Crippen LogP contribution in [0.3, 0.4) is 0 Å². The van der Waals surface area contributed by atoms with E-state index in [2.05, 4.69) is 23.2 Å². The summed E-state index contributed by atoms with van der Waals surface area (Å²) in [5, 5.41) is 3.81. The number of nitrogens with zero attached hydrogens (tertiary/aromatic N) is 2. The highest BCUT2D eigenvalue weighted by atomic mass is 32.2. The molecule has 1 aromatic heterocycles. The van der Waals surface area contributed by atoms with Crippen molar-refractivity contribution in [3.05, 3.63) is 77.0 Å². The van der Waals surface area contributed by atoms with Gasteiger partial charge < -0.3 is 19.7 Å². The Labute approximate surface area is 229 Å². The van der Waals surface area contributed by atoms with Crippen LogP contribution in [0.15, 0.2) is 59.6 Å². The average molecular weight is 548 g/mol. The van der Waals surface area contributed by atoms with Gasteiger partial charge in [-0.05, 0) is 80.6 Å². The second-order valence-corrected chi connectivity index (χ2v) is 11.7. The van der Waals surface area contributed by atoms with Gasteiger partial charge >= 0.3 is 0 Å². The Balaban J connectivity index is 1.50. The van der Waals surface area contributed by atoms with Crippen LogP contribution in [0.1, 0.15) is 39.9 Å². The molecule has 4 aromatic rings. The Morgan fingerprint density at radius 3 is 2.28 bits per heavy atom. The summed E-state index contributed by atoms with van der Waals surface area (Å²) in [6, 6.07) is 13.4. The van der Waals surface area contributed by atoms with E-state index in [-0.39, 0.29) is 10.8 Å². The number of methoxy groups -OCH3 is 2. The summed E-state index contributed by atoms with van der Waals surface area (Å²) in [5.74, 6) is 0.449. The summed E-state index contributed by atoms with van der Waals surface area (Å²) in [5.41, 5.74) is 5.98. The van der Waals surface area contributed by atoms with Gasteiger partial charge in [0.05, 0.1) is 24.6 Å². The van der Waals surface area contributed by atoms with Crippen LogP contribution >= 0.6 is 0 Å². The molecule has 1 saturated heterocycles. The lowest BCUT2D eigenvalue weighted by atomic mass is 10.0. The summed E-state index contributed by atoms with van der Waals surface area (Å²) in [6.45, 7) is 8.18. The number of aromatic nitrogens is 1. The van der Waals surface area contributed by atoms with Crippen molar-refractivity contribution < 1.29 is 22.7 Å². The summed E-state index contributed by atoms with van der Waals surface area (Å²) in [6.07, 6.45) is 3.83. The van der Waals surface area contributed by atoms with Crippen LogP contribution < -0.4 is 19.7 Å². The molecule has 1 amide bonds. The number of hydrogen-bond acceptors (Lipinski definition) is 6. The number of carbonyl (C=O) groups is 1. The third-order valence-electron chi connectivity index (χ3n) is 7.42. The first-order chi connectivity index (χ1) is 18.6. The molecule has 5 rings (SSSR count). The van der Waals surface area contributed by atoms with Gasteiger partial charge in [-0.15, -0.1) is 0 Å². The van der Waals surface area contributed by atoms with Gasteiger partial charge in [-0.3, -0.25) is 4.79 Å². The molecular formula is C30H33N3O5S. The van der Waals surface area contributed by atoms with Crippen molar-refractivity contribution in [2.75, 3.05) is 37.5 Å². The van der Waals surface area contributed by atoms with E-state index < -0.39 is 10.0 Å². The normalized spacial score (nSPS) is 13.6. The van der Waals surface area contributed by atoms with E-state index in [0.29, 0.717) is 28.0 Å². The largest absolute Gasteiger partial charge is 0.493 e. The van der Waals surface area contributed by atoms with Gasteiger partial charge in [0.1, 0.15) is 0 Å². The summed E-state index contributed by atoms with van der Waals surface area (Å²) in [7, 11) is -1.03. The maximum atomic E-state index is 13.6. The van der Waals surface area contributed by atoms with E-state index in [9.17, 15) is 13.2 Å². The Hall–Kier alpha value is -3.98. The molecule has 0 atom stereocenters. The summed E-state index contributed by atoms with van der Waals surface area (Å²) >= 11 is 0. The number of hydrogen-bond donors (Lipinski definition) is 1. The van der Waals surface area contributed by atoms with Crippen molar-refractivity contribution in [2.45, 2.75) is 38.5 Å². The molecule has 8 nitrogen and oxygen atoms in total. The third-order valence-corrected chi connectivity index (χ3v) is 9.11. The van der Waals surface area contributed by atoms with Crippen LogP contribution in [0.4, 0.5) is 11.4 Å². The van der Waals surface area contributed by atoms with Crippen molar-refractivity contribution in [1.29, 1.82) is 0 Å². The second-order valence-electron chi connectivity index (χ2n) is 9.91. The molecule has 3 aromatic carbocycles. The van der Waals surface area contributed by atoms with E-state index in [4.69, 9.17) is 9.47 Å². The standard InChI is InChI=1S/C30H33N3O5S/c1-19-16-20(2)29(32-13-6-7-14-32)21(3)28(19)31-30(34)23-9-8-22-12-15-33(25(22)17-23)39(35,36)24-10-11-26(37-4)27(18-24)38-5/h8-12,15-18H,6-7,13-14H2,1-5H3,(H,31,34). The zero-order chi connectivity index (χ0) is 27.9. The smallest absolute Gasteiger partial charge is 0.268 e. The second kappa shape index (κ2) is 10.3. The van der Waals surface area contributed by atoms with Crippen LogP contribution in [0.25, 0.3) is 10.9 Å². The molecule has 2 heterocycles. The van der Waals surface area contributed by atoms with Gasteiger partial charge in [0.25, 0.3) is 15.9 Å². The Bertz CT molecular complexity index is 1680. The number of benzene rings is 3. The number of amides is 1. The average Bonchev–Trinajstić information content (AvgIpc) is 3.60. The van der Waals surface area contributed by atoms with Gasteiger partial charge in [0, 0.05) is 47.7 Å². The van der Waals surface area contributed by atoms with E-state index in [1.807, 2.05) is 13.8 Å². The first-order valence-electron chi connectivity index (χ1n) is 12.9. The Morgan fingerprint density at radius 1 is 0.872 bits per heavy atom. The lowest BCUT2D eigenvalue weighted by Crippen LogP contribution is -2.22. The highest BCUT2D eigenvalue weighted by molar-refractivity contribution is 7.90. The van der Waals surface area contributed by atoms with E-state index in [1.165, 1.54) is 60.6 Å². The van der Waals surface area contributed by atoms with Crippen molar-refractivity contribution in [3.63, 3.8) is 0 Å². The molecule has 9 heteroatoms. The SMILES string of the molecule is COc1ccc(S(=O)(=O)n2ccc3ccc(C(=O)Nc4c(C)cc(C)c(N5CCCC5)c4C)cc32)cc1OC. The minimum atomic E-state index is -3.97. The first kappa shape index (κ1) is 26.6. The highest BCUT2D eigenvalue weighted by Gasteiger charge is 2.23. The topological polar surface area (TPSA) is 89.9 Å². The van der Waals surface area contributed by atoms with E-state index >= 15 is 0 Å². The molecule has 0 aliphatic carbocycles. The maximum absolute atomic E-state index is 13.6. The Morgan fingerprint density at radius 2 is 1.59 bits per heavy atom. The van der Waals surface area contributed by atoms with Gasteiger partial charge in [0.2, 0.25) is 0 Å².